The van der Waals surface area contributed by atoms with E-state index in [1.165, 1.54) is 11.3 Å². The molecule has 0 aliphatic rings. The number of aryl methyl sites for hydroxylation is 1. The van der Waals surface area contributed by atoms with Gasteiger partial charge in [0.05, 0.1) is 17.1 Å². The molecule has 0 fully saturated rings. The van der Waals surface area contributed by atoms with Gasteiger partial charge in [0.1, 0.15) is 0 Å². The Labute approximate surface area is 148 Å². The van der Waals surface area contributed by atoms with Gasteiger partial charge in [0, 0.05) is 11.1 Å². The number of nitrogens with one attached hydrogen (secondary N) is 1. The third-order valence-corrected chi connectivity index (χ3v) is 3.91. The number of esters is 1. The molecule has 0 spiro atoms. The predicted molar refractivity (Wildman–Crippen MR) is 94.3 cm³/mol. The largest absolute Gasteiger partial charge is 0.457 e. The summed E-state index contributed by atoms with van der Waals surface area (Å²) in [5.41, 5.74) is 7.20. The molecule has 0 aliphatic heterocycles. The third kappa shape index (κ3) is 4.95. The van der Waals surface area contributed by atoms with Crippen LogP contribution in [0, 0.1) is 6.92 Å². The number of aromatic nitrogens is 4. The van der Waals surface area contributed by atoms with E-state index >= 15 is 0 Å². The fourth-order valence-corrected chi connectivity index (χ4v) is 2.65. The van der Waals surface area contributed by atoms with E-state index in [0.29, 0.717) is 11.6 Å². The third-order valence-electron chi connectivity index (χ3n) is 3.08. The van der Waals surface area contributed by atoms with Crippen LogP contribution in [0.4, 0.5) is 17.6 Å². The molecule has 0 unspecified atom stereocenters. The number of nitrogen functional groups attached to an aromatic ring is 1. The molecule has 8 nitrogen and oxygen atoms in total. The number of ether oxygens (including phenoxy) is 1. The second-order valence-electron chi connectivity index (χ2n) is 5.12. The number of nitrogens with zero attached hydrogens (tertiary/aromatic N) is 4. The van der Waals surface area contributed by atoms with Gasteiger partial charge in [0.25, 0.3) is 0 Å². The molecular formula is C16H16N6O2S. The summed E-state index contributed by atoms with van der Waals surface area (Å²) in [6.45, 7) is 1.80. The van der Waals surface area contributed by atoms with Crippen LogP contribution in [0.15, 0.2) is 35.7 Å². The number of benzene rings is 1. The van der Waals surface area contributed by atoms with E-state index in [4.69, 9.17) is 10.5 Å². The number of carbonyl (C=O) groups excluding carboxylic acids is 1. The minimum absolute atomic E-state index is 0.0506. The molecule has 3 rings (SSSR count). The van der Waals surface area contributed by atoms with Crippen molar-refractivity contribution in [3.8, 4) is 0 Å². The zero-order valence-corrected chi connectivity index (χ0v) is 14.3. The lowest BCUT2D eigenvalue weighted by Crippen LogP contribution is -2.12. The molecule has 2 heterocycles. The summed E-state index contributed by atoms with van der Waals surface area (Å²) in [4.78, 5) is 28.3. The highest BCUT2D eigenvalue weighted by Gasteiger charge is 2.11. The summed E-state index contributed by atoms with van der Waals surface area (Å²) >= 11 is 1.49. The summed E-state index contributed by atoms with van der Waals surface area (Å²) < 4.78 is 5.19. The van der Waals surface area contributed by atoms with Crippen LogP contribution in [-0.4, -0.2) is 25.9 Å². The molecule has 0 saturated carbocycles. The van der Waals surface area contributed by atoms with Crippen molar-refractivity contribution < 1.29 is 9.53 Å². The Bertz CT molecular complexity index is 868. The summed E-state index contributed by atoms with van der Waals surface area (Å²) in [5, 5.41) is 5.76. The van der Waals surface area contributed by atoms with Crippen LogP contribution < -0.4 is 11.1 Å². The summed E-state index contributed by atoms with van der Waals surface area (Å²) in [6, 6.07) is 9.41. The number of para-hydroxylation sites is 1. The molecule has 128 valence electrons. The van der Waals surface area contributed by atoms with Gasteiger partial charge in [0.2, 0.25) is 11.9 Å². The minimum atomic E-state index is -0.401. The fourth-order valence-electron chi connectivity index (χ4n) is 2.04. The van der Waals surface area contributed by atoms with Crippen molar-refractivity contribution in [3.63, 3.8) is 0 Å². The Morgan fingerprint density at radius 2 is 2.00 bits per heavy atom. The Morgan fingerprint density at radius 3 is 2.72 bits per heavy atom. The lowest BCUT2D eigenvalue weighted by atomic mass is 10.3. The smallest absolute Gasteiger partial charge is 0.312 e. The van der Waals surface area contributed by atoms with E-state index in [2.05, 4.69) is 25.3 Å². The maximum atomic E-state index is 11.9. The van der Waals surface area contributed by atoms with Gasteiger partial charge in [-0.15, -0.1) is 11.3 Å². The molecule has 0 aliphatic carbocycles. The molecule has 0 bridgehead atoms. The van der Waals surface area contributed by atoms with Crippen LogP contribution >= 0.6 is 11.3 Å². The number of carbonyl (C=O) groups is 1. The minimum Gasteiger partial charge on any atom is -0.457 e. The zero-order valence-electron chi connectivity index (χ0n) is 13.5. The molecule has 0 saturated heterocycles. The molecule has 3 N–H and O–H groups in total. The van der Waals surface area contributed by atoms with Gasteiger partial charge >= 0.3 is 5.97 Å². The lowest BCUT2D eigenvalue weighted by Gasteiger charge is -2.07. The van der Waals surface area contributed by atoms with Crippen molar-refractivity contribution in [2.45, 2.75) is 20.0 Å². The van der Waals surface area contributed by atoms with E-state index in [1.807, 2.05) is 42.6 Å². The van der Waals surface area contributed by atoms with Crippen LogP contribution in [0.25, 0.3) is 0 Å². The summed E-state index contributed by atoms with van der Waals surface area (Å²) in [7, 11) is 0. The van der Waals surface area contributed by atoms with Crippen LogP contribution in [0.1, 0.15) is 16.5 Å². The van der Waals surface area contributed by atoms with Crippen LogP contribution in [0.5, 0.6) is 0 Å². The highest BCUT2D eigenvalue weighted by molar-refractivity contribution is 7.09. The standard InChI is InChI=1S/C16H16N6O2S/c1-10-18-12(9-25-10)7-14(23)24-8-13-20-15(17)22-16(21-13)19-11-5-3-2-4-6-11/h2-6,9H,7-8H2,1H3,(H3,17,19,20,21,22). The Morgan fingerprint density at radius 1 is 1.20 bits per heavy atom. The van der Waals surface area contributed by atoms with Gasteiger partial charge in [-0.05, 0) is 19.1 Å². The number of hydrogen-bond donors (Lipinski definition) is 2. The lowest BCUT2D eigenvalue weighted by molar-refractivity contribution is -0.144. The van der Waals surface area contributed by atoms with Gasteiger partial charge in [0.15, 0.2) is 12.4 Å². The number of hydrogen-bond acceptors (Lipinski definition) is 9. The topological polar surface area (TPSA) is 116 Å². The average Bonchev–Trinajstić information content (AvgIpc) is 2.98. The van der Waals surface area contributed by atoms with Gasteiger partial charge in [-0.3, -0.25) is 4.79 Å². The summed E-state index contributed by atoms with van der Waals surface area (Å²) in [6.07, 6.45) is 0.111. The second kappa shape index (κ2) is 7.67. The van der Waals surface area contributed by atoms with Gasteiger partial charge < -0.3 is 15.8 Å². The van der Waals surface area contributed by atoms with Crippen molar-refractivity contribution in [1.82, 2.24) is 19.9 Å². The summed E-state index contributed by atoms with van der Waals surface area (Å²) in [5.74, 6) is 0.213. The highest BCUT2D eigenvalue weighted by Crippen LogP contribution is 2.13. The first kappa shape index (κ1) is 16.8. The monoisotopic (exact) mass is 356 g/mol. The maximum Gasteiger partial charge on any atom is 0.312 e. The molecule has 25 heavy (non-hydrogen) atoms. The van der Waals surface area contributed by atoms with E-state index < -0.39 is 5.97 Å². The van der Waals surface area contributed by atoms with Crippen molar-refractivity contribution in [3.05, 3.63) is 52.2 Å². The molecule has 1 aromatic carbocycles. The van der Waals surface area contributed by atoms with Crippen LogP contribution in [0.3, 0.4) is 0 Å². The molecule has 0 radical (unpaired) electrons. The second-order valence-corrected chi connectivity index (χ2v) is 6.18. The Hall–Kier alpha value is -3.07. The van der Waals surface area contributed by atoms with Gasteiger partial charge in [-0.25, -0.2) is 4.98 Å². The molecule has 0 amide bonds. The first-order valence-electron chi connectivity index (χ1n) is 7.47. The fraction of sp³-hybridized carbons (Fsp3) is 0.188. The number of nitrogens with two attached hydrogens (primary N) is 1. The Kier molecular flexibility index (Phi) is 5.14. The quantitative estimate of drug-likeness (QED) is 0.646. The van der Waals surface area contributed by atoms with Crippen LogP contribution in [-0.2, 0) is 22.6 Å². The van der Waals surface area contributed by atoms with Crippen molar-refractivity contribution in [2.24, 2.45) is 0 Å². The van der Waals surface area contributed by atoms with E-state index in [-0.39, 0.29) is 24.8 Å². The molecule has 9 heteroatoms. The normalized spacial score (nSPS) is 10.4. The van der Waals surface area contributed by atoms with E-state index in [1.54, 1.807) is 0 Å². The molecule has 2 aromatic heterocycles. The van der Waals surface area contributed by atoms with Crippen molar-refractivity contribution in [2.75, 3.05) is 11.1 Å². The number of anilines is 3. The zero-order chi connectivity index (χ0) is 17.6. The molecular weight excluding hydrogens is 340 g/mol. The van der Waals surface area contributed by atoms with Crippen molar-refractivity contribution in [1.29, 1.82) is 0 Å². The van der Waals surface area contributed by atoms with E-state index in [9.17, 15) is 4.79 Å². The van der Waals surface area contributed by atoms with Gasteiger partial charge in [-0.2, -0.15) is 15.0 Å². The SMILES string of the molecule is Cc1nc(CC(=O)OCc2nc(N)nc(Nc3ccccc3)n2)cs1. The molecule has 0 atom stereocenters. The predicted octanol–water partition coefficient (Wildman–Crippen LogP) is 2.25. The average molecular weight is 356 g/mol. The van der Waals surface area contributed by atoms with E-state index in [0.717, 1.165) is 10.7 Å². The maximum absolute atomic E-state index is 11.9. The first-order chi connectivity index (χ1) is 12.1. The van der Waals surface area contributed by atoms with Crippen molar-refractivity contribution >= 4 is 34.9 Å². The molecule has 3 aromatic rings. The highest BCUT2D eigenvalue weighted by atomic mass is 32.1. The van der Waals surface area contributed by atoms with Crippen LogP contribution in [0.2, 0.25) is 0 Å². The first-order valence-corrected chi connectivity index (χ1v) is 8.35. The van der Waals surface area contributed by atoms with Gasteiger partial charge in [-0.1, -0.05) is 18.2 Å². The Balaban J connectivity index is 1.61. The number of rotatable bonds is 6. The number of thiazole rings is 1.